The third-order valence-electron chi connectivity index (χ3n) is 4.65. The van der Waals surface area contributed by atoms with E-state index in [9.17, 15) is 43.9 Å². The predicted octanol–water partition coefficient (Wildman–Crippen LogP) is 6.49. The van der Waals surface area contributed by atoms with E-state index in [1.54, 1.807) is 30.3 Å². The van der Waals surface area contributed by atoms with Gasteiger partial charge in [0, 0.05) is 10.9 Å². The molecule has 0 bridgehead atoms. The zero-order chi connectivity index (χ0) is 24.7. The molecule has 2 aromatic rings. The van der Waals surface area contributed by atoms with Gasteiger partial charge in [-0.2, -0.15) is 43.9 Å². The molecule has 0 fully saturated rings. The summed E-state index contributed by atoms with van der Waals surface area (Å²) in [6, 6.07) is 11.1. The van der Waals surface area contributed by atoms with Gasteiger partial charge >= 0.3 is 23.7 Å². The van der Waals surface area contributed by atoms with Crippen LogP contribution in [-0.2, 0) is 11.2 Å². The highest BCUT2D eigenvalue weighted by atomic mass is 31.1. The second kappa shape index (κ2) is 8.77. The molecule has 0 aromatic heterocycles. The van der Waals surface area contributed by atoms with Crippen molar-refractivity contribution in [3.05, 3.63) is 65.7 Å². The third-order valence-corrected chi connectivity index (χ3v) is 7.15. The highest BCUT2D eigenvalue weighted by molar-refractivity contribution is 7.68. The van der Waals surface area contributed by atoms with E-state index < -0.39 is 54.4 Å². The molecule has 33 heavy (non-hydrogen) atoms. The van der Waals surface area contributed by atoms with E-state index >= 15 is 0 Å². The van der Waals surface area contributed by atoms with Gasteiger partial charge < -0.3 is 4.74 Å². The number of rotatable bonds is 6. The second-order valence-electron chi connectivity index (χ2n) is 7.02. The first-order valence-corrected chi connectivity index (χ1v) is 10.5. The van der Waals surface area contributed by atoms with Crippen LogP contribution < -0.4 is 5.30 Å². The Bertz CT molecular complexity index is 978. The van der Waals surface area contributed by atoms with Crippen LogP contribution in [0.3, 0.4) is 0 Å². The van der Waals surface area contributed by atoms with Crippen molar-refractivity contribution in [1.29, 1.82) is 0 Å². The summed E-state index contributed by atoms with van der Waals surface area (Å²) in [5.74, 6) is -0.574. The monoisotopic (exact) mass is 505 g/mol. The minimum absolute atomic E-state index is 0.165. The molecule has 1 aliphatic heterocycles. The zero-order valence-corrected chi connectivity index (χ0v) is 17.2. The minimum Gasteiger partial charge on any atom is -0.475 e. The molecule has 2 aromatic carbocycles. The Morgan fingerprint density at radius 1 is 0.758 bits per heavy atom. The average molecular weight is 505 g/mol. The molecule has 0 amide bonds. The predicted molar refractivity (Wildman–Crippen MR) is 101 cm³/mol. The maximum absolute atomic E-state index is 14.2. The Hall–Kier alpha value is -2.36. The SMILES string of the molecule is FC(F)(F)C(F)(F)P(c1ccccc1C1=N[C@@H](Cc2ccccc2)CO1)C(F)(F)C(F)(F)F. The quantitative estimate of drug-likeness (QED) is 0.325. The first-order valence-electron chi connectivity index (χ1n) is 9.19. The van der Waals surface area contributed by atoms with Gasteiger partial charge in [0.1, 0.15) is 6.61 Å². The lowest BCUT2D eigenvalue weighted by Crippen LogP contribution is -2.48. The topological polar surface area (TPSA) is 21.6 Å². The Morgan fingerprint density at radius 2 is 1.27 bits per heavy atom. The van der Waals surface area contributed by atoms with Gasteiger partial charge in [-0.3, -0.25) is 0 Å². The molecule has 3 rings (SSSR count). The fourth-order valence-electron chi connectivity index (χ4n) is 3.14. The number of benzene rings is 2. The van der Waals surface area contributed by atoms with Crippen molar-refractivity contribution in [2.24, 2.45) is 4.99 Å². The number of alkyl halides is 10. The minimum atomic E-state index is -6.66. The van der Waals surface area contributed by atoms with Gasteiger partial charge in [-0.1, -0.05) is 48.5 Å². The van der Waals surface area contributed by atoms with Crippen molar-refractivity contribution in [1.82, 2.24) is 0 Å². The van der Waals surface area contributed by atoms with Crippen molar-refractivity contribution in [3.63, 3.8) is 0 Å². The zero-order valence-electron chi connectivity index (χ0n) is 16.3. The summed E-state index contributed by atoms with van der Waals surface area (Å²) >= 11 is 0. The summed E-state index contributed by atoms with van der Waals surface area (Å²) in [5, 5.41) is -1.52. The number of halogens is 10. The molecular formula is C20H14F10NOP. The lowest BCUT2D eigenvalue weighted by atomic mass is 10.1. The van der Waals surface area contributed by atoms with Gasteiger partial charge in [0.2, 0.25) is 5.90 Å². The van der Waals surface area contributed by atoms with Crippen molar-refractivity contribution >= 4 is 19.1 Å². The van der Waals surface area contributed by atoms with E-state index in [0.717, 1.165) is 23.8 Å². The molecule has 1 atom stereocenters. The molecule has 0 N–H and O–H groups in total. The Morgan fingerprint density at radius 3 is 1.82 bits per heavy atom. The molecule has 1 aliphatic rings. The fourth-order valence-corrected chi connectivity index (χ4v) is 5.25. The van der Waals surface area contributed by atoms with E-state index in [1.165, 1.54) is 0 Å². The summed E-state index contributed by atoms with van der Waals surface area (Å²) in [5.41, 5.74) is -12.7. The summed E-state index contributed by atoms with van der Waals surface area (Å²) in [7, 11) is -5.50. The second-order valence-corrected chi connectivity index (χ2v) is 9.30. The van der Waals surface area contributed by atoms with Gasteiger partial charge in [0.25, 0.3) is 0 Å². The third kappa shape index (κ3) is 4.95. The van der Waals surface area contributed by atoms with Gasteiger partial charge in [0.05, 0.1) is 14.0 Å². The van der Waals surface area contributed by atoms with Crippen LogP contribution in [0.4, 0.5) is 43.9 Å². The van der Waals surface area contributed by atoms with Gasteiger partial charge in [-0.05, 0) is 18.1 Å². The Kier molecular flexibility index (Phi) is 6.72. The van der Waals surface area contributed by atoms with Crippen LogP contribution >= 0.6 is 7.92 Å². The number of hydrogen-bond acceptors (Lipinski definition) is 2. The van der Waals surface area contributed by atoms with Crippen molar-refractivity contribution in [3.8, 4) is 0 Å². The van der Waals surface area contributed by atoms with E-state index in [-0.39, 0.29) is 13.0 Å². The maximum atomic E-state index is 14.2. The van der Waals surface area contributed by atoms with Crippen molar-refractivity contribution < 1.29 is 48.6 Å². The summed E-state index contributed by atoms with van der Waals surface area (Å²) in [6.45, 7) is -0.165. The van der Waals surface area contributed by atoms with Crippen LogP contribution in [0.2, 0.25) is 0 Å². The number of nitrogens with zero attached hydrogens (tertiary/aromatic N) is 1. The van der Waals surface area contributed by atoms with Crippen LogP contribution in [0.25, 0.3) is 0 Å². The maximum Gasteiger partial charge on any atom is 0.458 e. The van der Waals surface area contributed by atoms with E-state index in [2.05, 4.69) is 4.99 Å². The van der Waals surface area contributed by atoms with Crippen LogP contribution in [0.5, 0.6) is 0 Å². The Balaban J connectivity index is 2.09. The van der Waals surface area contributed by atoms with E-state index in [4.69, 9.17) is 4.74 Å². The summed E-state index contributed by atoms with van der Waals surface area (Å²) in [4.78, 5) is 4.04. The van der Waals surface area contributed by atoms with Crippen LogP contribution in [0.1, 0.15) is 11.1 Å². The molecule has 1 heterocycles. The molecule has 0 saturated carbocycles. The van der Waals surface area contributed by atoms with Gasteiger partial charge in [0.15, 0.2) is 0 Å². The fraction of sp³-hybridized carbons (Fsp3) is 0.350. The molecule has 0 aliphatic carbocycles. The first-order chi connectivity index (χ1) is 15.2. The molecule has 13 heteroatoms. The van der Waals surface area contributed by atoms with E-state index in [1.807, 2.05) is 0 Å². The number of ether oxygens (including phenoxy) is 1. The molecular weight excluding hydrogens is 491 g/mol. The van der Waals surface area contributed by atoms with Crippen LogP contribution in [-0.4, -0.2) is 42.2 Å². The Labute approximate surface area is 182 Å². The van der Waals surface area contributed by atoms with Gasteiger partial charge in [-0.25, -0.2) is 4.99 Å². The molecule has 0 spiro atoms. The van der Waals surface area contributed by atoms with Crippen molar-refractivity contribution in [2.45, 2.75) is 36.1 Å². The largest absolute Gasteiger partial charge is 0.475 e. The molecule has 2 nitrogen and oxygen atoms in total. The summed E-state index contributed by atoms with van der Waals surface area (Å²) in [6.07, 6.45) is -13.1. The molecule has 180 valence electrons. The normalized spacial score (nSPS) is 17.8. The average Bonchev–Trinajstić information content (AvgIpc) is 3.15. The molecule has 0 saturated heterocycles. The van der Waals surface area contributed by atoms with E-state index in [0.29, 0.717) is 6.07 Å². The molecule has 0 unspecified atom stereocenters. The first kappa shape index (κ1) is 25.3. The van der Waals surface area contributed by atoms with Crippen molar-refractivity contribution in [2.75, 3.05) is 6.61 Å². The highest BCUT2D eigenvalue weighted by Crippen LogP contribution is 2.71. The lowest BCUT2D eigenvalue weighted by molar-refractivity contribution is -0.261. The van der Waals surface area contributed by atoms with Crippen LogP contribution in [0.15, 0.2) is 59.6 Å². The lowest BCUT2D eigenvalue weighted by Gasteiger charge is -2.36. The number of hydrogen-bond donors (Lipinski definition) is 0. The highest BCUT2D eigenvalue weighted by Gasteiger charge is 2.76. The smallest absolute Gasteiger partial charge is 0.458 e. The standard InChI is InChI=1S/C20H14F10NOP/c21-17(22,23)19(27,28)33(20(29,30)18(24,25)26)15-9-5-4-8-14(15)16-31-13(11-32-16)10-12-6-2-1-3-7-12/h1-9,13H,10-11H2/t13-/m0/s1. The molecule has 0 radical (unpaired) electrons. The number of aliphatic imine (C=N–C) groups is 1. The summed E-state index contributed by atoms with van der Waals surface area (Å²) < 4.78 is 140. The van der Waals surface area contributed by atoms with Crippen LogP contribution in [0, 0.1) is 0 Å². The van der Waals surface area contributed by atoms with Gasteiger partial charge in [-0.15, -0.1) is 0 Å².